The van der Waals surface area contributed by atoms with E-state index in [0.717, 1.165) is 18.7 Å². The highest BCUT2D eigenvalue weighted by atomic mass is 32.2. The molecule has 1 fully saturated rings. The Morgan fingerprint density at radius 3 is 2.28 bits per heavy atom. The van der Waals surface area contributed by atoms with Crippen LogP contribution in [0.4, 0.5) is 0 Å². The summed E-state index contributed by atoms with van der Waals surface area (Å²) in [4.78, 5) is -0.0666. The Labute approximate surface area is 108 Å². The largest absolute Gasteiger partial charge is 0.380 e. The van der Waals surface area contributed by atoms with E-state index < -0.39 is 10.1 Å². The van der Waals surface area contributed by atoms with Crippen LogP contribution in [0.25, 0.3) is 0 Å². The molecular weight excluding hydrogens is 254 g/mol. The average Bonchev–Trinajstić information content (AvgIpc) is 2.82. The van der Waals surface area contributed by atoms with Gasteiger partial charge in [0.05, 0.1) is 11.0 Å². The Morgan fingerprint density at radius 2 is 1.94 bits per heavy atom. The maximum absolute atomic E-state index is 10.5. The first-order valence-electron chi connectivity index (χ1n) is 5.71. The van der Waals surface area contributed by atoms with Crippen molar-refractivity contribution in [3.63, 3.8) is 0 Å². The van der Waals surface area contributed by atoms with E-state index in [1.165, 1.54) is 18.6 Å². The lowest BCUT2D eigenvalue weighted by molar-refractivity contribution is 0.119. The molecule has 1 saturated heterocycles. The summed E-state index contributed by atoms with van der Waals surface area (Å²) >= 11 is 0. The van der Waals surface area contributed by atoms with Gasteiger partial charge in [-0.15, -0.1) is 0 Å². The molecule has 1 heterocycles. The van der Waals surface area contributed by atoms with Gasteiger partial charge in [0.15, 0.2) is 0 Å². The summed E-state index contributed by atoms with van der Waals surface area (Å²) in [5.74, 6) is 0. The summed E-state index contributed by atoms with van der Waals surface area (Å²) in [5.41, 5.74) is 0.956. The summed E-state index contributed by atoms with van der Waals surface area (Å²) < 4.78 is 34.6. The van der Waals surface area contributed by atoms with Gasteiger partial charge in [-0.3, -0.25) is 4.55 Å². The molecule has 0 aliphatic carbocycles. The van der Waals surface area contributed by atoms with Crippen LogP contribution in [-0.4, -0.2) is 39.3 Å². The number of benzene rings is 1. The molecule has 1 aromatic carbocycles. The second kappa shape index (κ2) is 6.84. The molecule has 6 heteroatoms. The van der Waals surface area contributed by atoms with Crippen molar-refractivity contribution in [3.05, 3.63) is 29.8 Å². The zero-order chi connectivity index (χ0) is 13.6. The van der Waals surface area contributed by atoms with E-state index in [1.807, 2.05) is 6.92 Å². The van der Waals surface area contributed by atoms with Crippen molar-refractivity contribution in [1.29, 1.82) is 0 Å². The van der Waals surface area contributed by atoms with Gasteiger partial charge in [0.2, 0.25) is 0 Å². The standard InChI is InChI=1S/C7H8O3S.C5H11NO/c1-6-2-4-7(5-3-6)11(8,9)10;1-7-5-2-3-6-4-5/h2-5H,1H3,(H,8,9,10);5-6H,2-4H2,1H3/t;5-/m.0/s1. The van der Waals surface area contributed by atoms with Crippen LogP contribution in [0.5, 0.6) is 0 Å². The van der Waals surface area contributed by atoms with E-state index in [9.17, 15) is 8.42 Å². The summed E-state index contributed by atoms with van der Waals surface area (Å²) in [6.45, 7) is 4.00. The van der Waals surface area contributed by atoms with Crippen LogP contribution in [-0.2, 0) is 14.9 Å². The van der Waals surface area contributed by atoms with Gasteiger partial charge >= 0.3 is 0 Å². The minimum absolute atomic E-state index is 0.0666. The van der Waals surface area contributed by atoms with Crippen molar-refractivity contribution in [2.45, 2.75) is 24.3 Å². The van der Waals surface area contributed by atoms with Crippen molar-refractivity contribution in [2.24, 2.45) is 0 Å². The summed E-state index contributed by atoms with van der Waals surface area (Å²) in [6.07, 6.45) is 1.66. The molecule has 0 saturated carbocycles. The van der Waals surface area contributed by atoms with Crippen LogP contribution in [0.1, 0.15) is 12.0 Å². The average molecular weight is 273 g/mol. The zero-order valence-electron chi connectivity index (χ0n) is 10.6. The van der Waals surface area contributed by atoms with Gasteiger partial charge in [-0.25, -0.2) is 0 Å². The maximum atomic E-state index is 10.5. The Morgan fingerprint density at radius 1 is 1.33 bits per heavy atom. The second-order valence-electron chi connectivity index (χ2n) is 4.14. The van der Waals surface area contributed by atoms with Gasteiger partial charge < -0.3 is 10.1 Å². The van der Waals surface area contributed by atoms with Crippen LogP contribution >= 0.6 is 0 Å². The molecule has 0 bridgehead atoms. The molecular formula is C12H19NO4S. The fourth-order valence-corrected chi connectivity index (χ4v) is 2.02. The van der Waals surface area contributed by atoms with Crippen LogP contribution in [0.2, 0.25) is 0 Å². The minimum Gasteiger partial charge on any atom is -0.380 e. The second-order valence-corrected chi connectivity index (χ2v) is 5.56. The van der Waals surface area contributed by atoms with Gasteiger partial charge in [-0.05, 0) is 32.0 Å². The van der Waals surface area contributed by atoms with E-state index in [2.05, 4.69) is 5.32 Å². The van der Waals surface area contributed by atoms with Crippen LogP contribution in [0, 0.1) is 6.92 Å². The van der Waals surface area contributed by atoms with Crippen molar-refractivity contribution in [2.75, 3.05) is 20.2 Å². The lowest BCUT2D eigenvalue weighted by Gasteiger charge is -2.01. The molecule has 1 aromatic rings. The Hall–Kier alpha value is -0.950. The first-order chi connectivity index (χ1) is 8.43. The Kier molecular flexibility index (Phi) is 5.74. The van der Waals surface area contributed by atoms with Crippen molar-refractivity contribution in [1.82, 2.24) is 5.32 Å². The third-order valence-corrected chi connectivity index (χ3v) is 3.54. The number of nitrogens with one attached hydrogen (secondary N) is 1. The Balaban J connectivity index is 0.000000199. The van der Waals surface area contributed by atoms with Crippen molar-refractivity contribution >= 4 is 10.1 Å². The molecule has 1 aliphatic rings. The zero-order valence-corrected chi connectivity index (χ0v) is 11.4. The lowest BCUT2D eigenvalue weighted by atomic mass is 10.2. The van der Waals surface area contributed by atoms with E-state index in [4.69, 9.17) is 9.29 Å². The van der Waals surface area contributed by atoms with E-state index in [0.29, 0.717) is 6.10 Å². The van der Waals surface area contributed by atoms with Crippen LogP contribution < -0.4 is 5.32 Å². The predicted octanol–water partition coefficient (Wildman–Crippen LogP) is 1.24. The van der Waals surface area contributed by atoms with Crippen molar-refractivity contribution < 1.29 is 17.7 Å². The monoisotopic (exact) mass is 273 g/mol. The molecule has 1 atom stereocenters. The first-order valence-corrected chi connectivity index (χ1v) is 7.15. The smallest absolute Gasteiger partial charge is 0.294 e. The quantitative estimate of drug-likeness (QED) is 0.793. The summed E-state index contributed by atoms with van der Waals surface area (Å²) in [6, 6.07) is 5.99. The fourth-order valence-electron chi connectivity index (χ4n) is 1.54. The molecule has 0 spiro atoms. The molecule has 102 valence electrons. The molecule has 0 amide bonds. The minimum atomic E-state index is -4.02. The molecule has 2 rings (SSSR count). The Bertz CT molecular complexity index is 449. The van der Waals surface area contributed by atoms with E-state index in [-0.39, 0.29) is 4.90 Å². The van der Waals surface area contributed by atoms with E-state index >= 15 is 0 Å². The predicted molar refractivity (Wildman–Crippen MR) is 69.3 cm³/mol. The van der Waals surface area contributed by atoms with Gasteiger partial charge in [0.25, 0.3) is 10.1 Å². The number of hydrogen-bond acceptors (Lipinski definition) is 4. The highest BCUT2D eigenvalue weighted by Gasteiger charge is 2.11. The molecule has 2 N–H and O–H groups in total. The SMILES string of the molecule is CO[C@H]1CCNC1.Cc1ccc(S(=O)(=O)O)cc1. The maximum Gasteiger partial charge on any atom is 0.294 e. The normalized spacial score (nSPS) is 19.2. The lowest BCUT2D eigenvalue weighted by Crippen LogP contribution is -2.14. The topological polar surface area (TPSA) is 75.6 Å². The highest BCUT2D eigenvalue weighted by molar-refractivity contribution is 7.85. The summed E-state index contributed by atoms with van der Waals surface area (Å²) in [7, 11) is -2.26. The van der Waals surface area contributed by atoms with Gasteiger partial charge in [-0.1, -0.05) is 17.7 Å². The molecule has 18 heavy (non-hydrogen) atoms. The number of hydrogen-bond donors (Lipinski definition) is 2. The van der Waals surface area contributed by atoms with Crippen molar-refractivity contribution in [3.8, 4) is 0 Å². The number of ether oxygens (including phenoxy) is 1. The van der Waals surface area contributed by atoms with Gasteiger partial charge in [-0.2, -0.15) is 8.42 Å². The number of rotatable bonds is 2. The van der Waals surface area contributed by atoms with Gasteiger partial charge in [0.1, 0.15) is 0 Å². The van der Waals surface area contributed by atoms with Crippen LogP contribution in [0.15, 0.2) is 29.2 Å². The molecule has 0 aromatic heterocycles. The van der Waals surface area contributed by atoms with Crippen LogP contribution in [0.3, 0.4) is 0 Å². The first kappa shape index (κ1) is 15.1. The molecule has 0 unspecified atom stereocenters. The summed E-state index contributed by atoms with van der Waals surface area (Å²) in [5, 5.41) is 3.20. The van der Waals surface area contributed by atoms with E-state index in [1.54, 1.807) is 19.2 Å². The molecule has 0 radical (unpaired) electrons. The molecule has 1 aliphatic heterocycles. The number of methoxy groups -OCH3 is 1. The van der Waals surface area contributed by atoms with Gasteiger partial charge in [0, 0.05) is 13.7 Å². The fraction of sp³-hybridized carbons (Fsp3) is 0.500. The third-order valence-electron chi connectivity index (χ3n) is 2.67. The number of aryl methyl sites for hydroxylation is 1. The molecule has 5 nitrogen and oxygen atoms in total. The third kappa shape index (κ3) is 5.14. The highest BCUT2D eigenvalue weighted by Crippen LogP contribution is 2.08.